The van der Waals surface area contributed by atoms with Gasteiger partial charge in [0, 0.05) is 32.2 Å². The van der Waals surface area contributed by atoms with Crippen molar-refractivity contribution >= 4 is 10.0 Å². The van der Waals surface area contributed by atoms with Gasteiger partial charge in [-0.1, -0.05) is 0 Å². The average Bonchev–Trinajstić information content (AvgIpc) is 2.85. The number of nitrogens with one attached hydrogen (secondary N) is 1. The van der Waals surface area contributed by atoms with E-state index in [1.165, 1.54) is 45.2 Å². The lowest BCUT2D eigenvalue weighted by Gasteiger charge is -2.39. The van der Waals surface area contributed by atoms with Crippen LogP contribution in [0.2, 0.25) is 0 Å². The van der Waals surface area contributed by atoms with Gasteiger partial charge in [-0.25, -0.2) is 12.7 Å². The normalized spacial score (nSPS) is 37.0. The number of nitrogens with zero attached hydrogens (tertiary/aromatic N) is 2. The van der Waals surface area contributed by atoms with Crippen molar-refractivity contribution in [1.82, 2.24) is 14.5 Å². The van der Waals surface area contributed by atoms with Crippen LogP contribution in [0.15, 0.2) is 0 Å². The van der Waals surface area contributed by atoms with E-state index in [1.54, 1.807) is 4.31 Å². The Morgan fingerprint density at radius 3 is 2.80 bits per heavy atom. The molecule has 3 rings (SSSR count). The minimum Gasteiger partial charge on any atom is -0.314 e. The van der Waals surface area contributed by atoms with E-state index in [0.29, 0.717) is 12.5 Å². The van der Waals surface area contributed by atoms with Crippen molar-refractivity contribution in [3.8, 4) is 0 Å². The van der Waals surface area contributed by atoms with Gasteiger partial charge >= 0.3 is 0 Å². The quantitative estimate of drug-likeness (QED) is 0.817. The molecular weight excluding hydrogens is 274 g/mol. The molecule has 6 heteroatoms. The summed E-state index contributed by atoms with van der Waals surface area (Å²) in [6.07, 6.45) is 6.09. The van der Waals surface area contributed by atoms with Gasteiger partial charge in [0.1, 0.15) is 0 Å². The van der Waals surface area contributed by atoms with Gasteiger partial charge in [-0.05, 0) is 50.6 Å². The SMILES string of the molecule is CS(=O)(=O)N1CCCC(CN2CCC3NCCC3C2)C1. The molecule has 3 aliphatic rings. The van der Waals surface area contributed by atoms with Crippen LogP contribution in [0.5, 0.6) is 0 Å². The zero-order valence-corrected chi connectivity index (χ0v) is 13.2. The Bertz CT molecular complexity index is 440. The first-order chi connectivity index (χ1) is 9.52. The highest BCUT2D eigenvalue weighted by atomic mass is 32.2. The zero-order chi connectivity index (χ0) is 14.2. The maximum atomic E-state index is 11.7. The lowest BCUT2D eigenvalue weighted by atomic mass is 9.91. The van der Waals surface area contributed by atoms with Crippen LogP contribution in [0.25, 0.3) is 0 Å². The Kier molecular flexibility index (Phi) is 4.36. The standard InChI is InChI=1S/C14H27N3O2S/c1-20(18,19)17-7-2-3-12(10-17)9-16-8-5-14-13(11-16)4-6-15-14/h12-15H,2-11H2,1H3. The maximum absolute atomic E-state index is 11.7. The minimum absolute atomic E-state index is 0.518. The van der Waals surface area contributed by atoms with Crippen molar-refractivity contribution in [1.29, 1.82) is 0 Å². The molecule has 3 saturated heterocycles. The van der Waals surface area contributed by atoms with Gasteiger partial charge in [-0.3, -0.25) is 0 Å². The summed E-state index contributed by atoms with van der Waals surface area (Å²) in [4.78, 5) is 2.57. The third kappa shape index (κ3) is 3.35. The lowest BCUT2D eigenvalue weighted by molar-refractivity contribution is 0.121. The highest BCUT2D eigenvalue weighted by Crippen LogP contribution is 2.27. The molecule has 20 heavy (non-hydrogen) atoms. The maximum Gasteiger partial charge on any atom is 0.211 e. The highest BCUT2D eigenvalue weighted by molar-refractivity contribution is 7.88. The molecule has 5 nitrogen and oxygen atoms in total. The predicted molar refractivity (Wildman–Crippen MR) is 80.1 cm³/mol. The molecule has 1 N–H and O–H groups in total. The van der Waals surface area contributed by atoms with E-state index in [9.17, 15) is 8.42 Å². The molecule has 0 spiro atoms. The number of hydrogen-bond donors (Lipinski definition) is 1. The van der Waals surface area contributed by atoms with Crippen molar-refractivity contribution in [2.75, 3.05) is 45.5 Å². The van der Waals surface area contributed by atoms with Gasteiger partial charge in [0.15, 0.2) is 0 Å². The molecule has 3 aliphatic heterocycles. The molecule has 3 atom stereocenters. The second kappa shape index (κ2) is 5.91. The van der Waals surface area contributed by atoms with Crippen LogP contribution in [0, 0.1) is 11.8 Å². The molecule has 0 radical (unpaired) electrons. The van der Waals surface area contributed by atoms with E-state index in [1.807, 2.05) is 0 Å². The van der Waals surface area contributed by atoms with E-state index in [0.717, 1.165) is 31.5 Å². The fourth-order valence-corrected chi connectivity index (χ4v) is 5.07. The summed E-state index contributed by atoms with van der Waals surface area (Å²) in [6.45, 7) is 6.06. The van der Waals surface area contributed by atoms with Gasteiger partial charge in [0.05, 0.1) is 6.26 Å². The number of rotatable bonds is 3. The molecular formula is C14H27N3O2S. The topological polar surface area (TPSA) is 52.7 Å². The van der Waals surface area contributed by atoms with Gasteiger partial charge in [0.2, 0.25) is 10.0 Å². The molecule has 0 aromatic carbocycles. The fourth-order valence-electron chi connectivity index (χ4n) is 4.13. The smallest absolute Gasteiger partial charge is 0.211 e. The fraction of sp³-hybridized carbons (Fsp3) is 1.00. The van der Waals surface area contributed by atoms with Crippen LogP contribution in [-0.4, -0.2) is 69.2 Å². The molecule has 0 aliphatic carbocycles. The molecule has 0 amide bonds. The Morgan fingerprint density at radius 2 is 2.00 bits per heavy atom. The Labute approximate surface area is 122 Å². The molecule has 3 unspecified atom stereocenters. The Balaban J connectivity index is 1.52. The summed E-state index contributed by atoms with van der Waals surface area (Å²) in [6, 6.07) is 0.741. The van der Waals surface area contributed by atoms with Crippen molar-refractivity contribution in [2.24, 2.45) is 11.8 Å². The van der Waals surface area contributed by atoms with E-state index < -0.39 is 10.0 Å². The first kappa shape index (κ1) is 14.8. The third-order valence-electron chi connectivity index (χ3n) is 5.21. The zero-order valence-electron chi connectivity index (χ0n) is 12.4. The average molecular weight is 301 g/mol. The van der Waals surface area contributed by atoms with E-state index in [2.05, 4.69) is 10.2 Å². The molecule has 0 saturated carbocycles. The first-order valence-corrected chi connectivity index (χ1v) is 9.78. The van der Waals surface area contributed by atoms with Gasteiger partial charge in [0.25, 0.3) is 0 Å². The largest absolute Gasteiger partial charge is 0.314 e. The van der Waals surface area contributed by atoms with E-state index in [4.69, 9.17) is 0 Å². The molecule has 116 valence electrons. The summed E-state index contributed by atoms with van der Waals surface area (Å²) in [7, 11) is -3.01. The molecule has 3 fully saturated rings. The Hall–Kier alpha value is -0.170. The molecule has 0 aromatic rings. The molecule has 0 bridgehead atoms. The van der Waals surface area contributed by atoms with Gasteiger partial charge < -0.3 is 10.2 Å². The number of hydrogen-bond acceptors (Lipinski definition) is 4. The van der Waals surface area contributed by atoms with Crippen molar-refractivity contribution < 1.29 is 8.42 Å². The number of sulfonamides is 1. The molecule has 3 heterocycles. The van der Waals surface area contributed by atoms with Crippen LogP contribution >= 0.6 is 0 Å². The van der Waals surface area contributed by atoms with Crippen LogP contribution in [0.1, 0.15) is 25.7 Å². The summed E-state index contributed by atoms with van der Waals surface area (Å²) >= 11 is 0. The van der Waals surface area contributed by atoms with Crippen LogP contribution in [0.4, 0.5) is 0 Å². The second-order valence-corrected chi connectivity index (χ2v) is 8.77. The van der Waals surface area contributed by atoms with Crippen LogP contribution in [0.3, 0.4) is 0 Å². The Morgan fingerprint density at radius 1 is 1.15 bits per heavy atom. The third-order valence-corrected chi connectivity index (χ3v) is 6.48. The monoisotopic (exact) mass is 301 g/mol. The number of fused-ring (bicyclic) bond motifs is 1. The predicted octanol–water partition coefficient (Wildman–Crippen LogP) is 0.342. The number of piperidine rings is 2. The van der Waals surface area contributed by atoms with Gasteiger partial charge in [-0.2, -0.15) is 0 Å². The summed E-state index contributed by atoms with van der Waals surface area (Å²) in [5, 5.41) is 3.60. The number of likely N-dealkylation sites (tertiary alicyclic amines) is 1. The van der Waals surface area contributed by atoms with E-state index >= 15 is 0 Å². The second-order valence-electron chi connectivity index (χ2n) is 6.79. The molecule has 0 aromatic heterocycles. The van der Waals surface area contributed by atoms with Crippen molar-refractivity contribution in [3.63, 3.8) is 0 Å². The summed E-state index contributed by atoms with van der Waals surface area (Å²) < 4.78 is 25.0. The minimum atomic E-state index is -3.01. The summed E-state index contributed by atoms with van der Waals surface area (Å²) in [5.74, 6) is 1.34. The first-order valence-electron chi connectivity index (χ1n) is 7.93. The van der Waals surface area contributed by atoms with E-state index in [-0.39, 0.29) is 0 Å². The highest BCUT2D eigenvalue weighted by Gasteiger charge is 2.34. The van der Waals surface area contributed by atoms with Crippen molar-refractivity contribution in [2.45, 2.75) is 31.7 Å². The van der Waals surface area contributed by atoms with Crippen LogP contribution in [-0.2, 0) is 10.0 Å². The van der Waals surface area contributed by atoms with Gasteiger partial charge in [-0.15, -0.1) is 0 Å². The van der Waals surface area contributed by atoms with Crippen molar-refractivity contribution in [3.05, 3.63) is 0 Å². The lowest BCUT2D eigenvalue weighted by Crippen LogP contribution is -2.48. The summed E-state index contributed by atoms with van der Waals surface area (Å²) in [5.41, 5.74) is 0. The van der Waals surface area contributed by atoms with Crippen LogP contribution < -0.4 is 5.32 Å².